The molecular formula is C24H21N3O3S. The van der Waals surface area contributed by atoms with E-state index in [2.05, 4.69) is 10.3 Å². The molecule has 0 fully saturated rings. The van der Waals surface area contributed by atoms with Gasteiger partial charge in [-0.05, 0) is 35.7 Å². The van der Waals surface area contributed by atoms with Gasteiger partial charge in [0.05, 0.1) is 17.7 Å². The van der Waals surface area contributed by atoms with E-state index in [1.165, 1.54) is 16.2 Å². The summed E-state index contributed by atoms with van der Waals surface area (Å²) in [6.07, 6.45) is 0. The van der Waals surface area contributed by atoms with Gasteiger partial charge in [-0.1, -0.05) is 36.4 Å². The molecule has 2 amide bonds. The van der Waals surface area contributed by atoms with Crippen LogP contribution in [-0.2, 0) is 11.4 Å². The number of carbonyl (C=O) groups excluding carboxylic acids is 2. The van der Waals surface area contributed by atoms with Gasteiger partial charge in [0.2, 0.25) is 5.91 Å². The van der Waals surface area contributed by atoms with Crippen molar-refractivity contribution in [2.45, 2.75) is 6.61 Å². The van der Waals surface area contributed by atoms with Crippen LogP contribution in [0.4, 0.5) is 5.69 Å². The highest BCUT2D eigenvalue weighted by molar-refractivity contribution is 7.07. The third-order valence-corrected chi connectivity index (χ3v) is 5.40. The van der Waals surface area contributed by atoms with Crippen LogP contribution < -0.4 is 10.1 Å². The number of nitrogens with one attached hydrogen (secondary N) is 1. The number of hydrogen-bond donors (Lipinski definition) is 1. The van der Waals surface area contributed by atoms with Crippen LogP contribution in [0.1, 0.15) is 16.1 Å². The second-order valence-electron chi connectivity index (χ2n) is 7.03. The molecule has 0 aliphatic rings. The van der Waals surface area contributed by atoms with Gasteiger partial charge in [-0.25, -0.2) is 4.98 Å². The lowest BCUT2D eigenvalue weighted by molar-refractivity contribution is -0.116. The lowest BCUT2D eigenvalue weighted by Crippen LogP contribution is -2.34. The van der Waals surface area contributed by atoms with Crippen molar-refractivity contribution in [2.75, 3.05) is 18.9 Å². The maximum atomic E-state index is 12.7. The number of ether oxygens (including phenoxy) is 1. The molecule has 0 unspecified atom stereocenters. The number of carbonyl (C=O) groups is 2. The molecule has 1 heterocycles. The minimum Gasteiger partial charge on any atom is -0.487 e. The molecule has 0 aliphatic carbocycles. The topological polar surface area (TPSA) is 71.5 Å². The Labute approximate surface area is 184 Å². The predicted molar refractivity (Wildman–Crippen MR) is 122 cm³/mol. The summed E-state index contributed by atoms with van der Waals surface area (Å²) < 4.78 is 5.67. The van der Waals surface area contributed by atoms with E-state index in [9.17, 15) is 9.59 Å². The molecule has 0 spiro atoms. The van der Waals surface area contributed by atoms with E-state index in [1.54, 1.807) is 36.8 Å². The number of amides is 2. The summed E-state index contributed by atoms with van der Waals surface area (Å²) in [5.74, 6) is 0.162. The van der Waals surface area contributed by atoms with Crippen molar-refractivity contribution >= 4 is 39.6 Å². The zero-order chi connectivity index (χ0) is 21.6. The summed E-state index contributed by atoms with van der Waals surface area (Å²) >= 11 is 1.52. The van der Waals surface area contributed by atoms with Crippen molar-refractivity contribution in [2.24, 2.45) is 0 Å². The Hall–Kier alpha value is -3.71. The molecule has 7 heteroatoms. The van der Waals surface area contributed by atoms with Crippen LogP contribution >= 0.6 is 11.3 Å². The molecule has 0 saturated carbocycles. The summed E-state index contributed by atoms with van der Waals surface area (Å²) in [4.78, 5) is 30.8. The summed E-state index contributed by atoms with van der Waals surface area (Å²) in [5.41, 5.74) is 3.83. The van der Waals surface area contributed by atoms with E-state index in [-0.39, 0.29) is 18.4 Å². The third-order valence-electron chi connectivity index (χ3n) is 4.76. The number of thiazole rings is 1. The minimum atomic E-state index is -0.254. The molecule has 31 heavy (non-hydrogen) atoms. The quantitative estimate of drug-likeness (QED) is 0.465. The molecule has 0 atom stereocenters. The number of benzene rings is 3. The lowest BCUT2D eigenvalue weighted by atomic mass is 10.1. The second kappa shape index (κ2) is 9.40. The molecule has 1 N–H and O–H groups in total. The normalized spacial score (nSPS) is 10.6. The van der Waals surface area contributed by atoms with E-state index >= 15 is 0 Å². The average Bonchev–Trinajstić information content (AvgIpc) is 3.31. The fraction of sp³-hybridized carbons (Fsp3) is 0.125. The van der Waals surface area contributed by atoms with E-state index in [1.807, 2.05) is 47.8 Å². The van der Waals surface area contributed by atoms with Crippen LogP contribution in [0.15, 0.2) is 77.6 Å². The molecule has 3 aromatic carbocycles. The van der Waals surface area contributed by atoms with Crippen molar-refractivity contribution < 1.29 is 14.3 Å². The van der Waals surface area contributed by atoms with Gasteiger partial charge >= 0.3 is 0 Å². The predicted octanol–water partition coefficient (Wildman–Crippen LogP) is 4.59. The van der Waals surface area contributed by atoms with Gasteiger partial charge in [0.15, 0.2) is 0 Å². The largest absolute Gasteiger partial charge is 0.487 e. The SMILES string of the molecule is CN(CC(=O)Nc1cccc2ccccc12)C(=O)c1ccc(OCc2cscn2)cc1. The van der Waals surface area contributed by atoms with E-state index in [0.717, 1.165) is 22.2 Å². The first-order valence-electron chi connectivity index (χ1n) is 9.73. The number of likely N-dealkylation sites (N-methyl/N-ethyl adjacent to an activating group) is 1. The Bertz CT molecular complexity index is 1190. The number of aromatic nitrogens is 1. The number of anilines is 1. The van der Waals surface area contributed by atoms with Crippen molar-refractivity contribution in [1.29, 1.82) is 0 Å². The number of fused-ring (bicyclic) bond motifs is 1. The fourth-order valence-corrected chi connectivity index (χ4v) is 3.73. The standard InChI is InChI=1S/C24H21N3O3S/c1-27(13-23(28)26-22-8-4-6-17-5-2-3-7-21(17)22)24(29)18-9-11-20(12-10-18)30-14-19-15-31-16-25-19/h2-12,15-16H,13-14H2,1H3,(H,26,28). The van der Waals surface area contributed by atoms with E-state index in [4.69, 9.17) is 4.74 Å². The van der Waals surface area contributed by atoms with E-state index < -0.39 is 0 Å². The highest BCUT2D eigenvalue weighted by Crippen LogP contribution is 2.23. The summed E-state index contributed by atoms with van der Waals surface area (Å²) in [6.45, 7) is 0.329. The van der Waals surface area contributed by atoms with Crippen LogP contribution in [-0.4, -0.2) is 35.3 Å². The van der Waals surface area contributed by atoms with Gasteiger partial charge in [0.1, 0.15) is 12.4 Å². The molecule has 0 saturated heterocycles. The Kier molecular flexibility index (Phi) is 6.24. The molecule has 4 rings (SSSR count). The third kappa shape index (κ3) is 5.07. The number of hydrogen-bond acceptors (Lipinski definition) is 5. The van der Waals surface area contributed by atoms with Crippen LogP contribution in [0, 0.1) is 0 Å². The van der Waals surface area contributed by atoms with Crippen molar-refractivity contribution in [3.05, 3.63) is 88.9 Å². The van der Waals surface area contributed by atoms with Crippen molar-refractivity contribution in [3.63, 3.8) is 0 Å². The maximum absolute atomic E-state index is 12.7. The average molecular weight is 432 g/mol. The van der Waals surface area contributed by atoms with Gasteiger partial charge in [-0.3, -0.25) is 9.59 Å². The number of rotatable bonds is 7. The molecule has 0 radical (unpaired) electrons. The van der Waals surface area contributed by atoms with Gasteiger partial charge in [-0.15, -0.1) is 11.3 Å². The van der Waals surface area contributed by atoms with Crippen LogP contribution in [0.5, 0.6) is 5.75 Å². The summed E-state index contributed by atoms with van der Waals surface area (Å²) in [5, 5.41) is 6.83. The van der Waals surface area contributed by atoms with Crippen LogP contribution in [0.2, 0.25) is 0 Å². The smallest absolute Gasteiger partial charge is 0.254 e. The second-order valence-corrected chi connectivity index (χ2v) is 7.75. The van der Waals surface area contributed by atoms with Crippen molar-refractivity contribution in [1.82, 2.24) is 9.88 Å². The summed E-state index contributed by atoms with van der Waals surface area (Å²) in [7, 11) is 1.61. The summed E-state index contributed by atoms with van der Waals surface area (Å²) in [6, 6.07) is 20.4. The van der Waals surface area contributed by atoms with Crippen LogP contribution in [0.3, 0.4) is 0 Å². The number of nitrogens with zero attached hydrogens (tertiary/aromatic N) is 2. The molecule has 156 valence electrons. The first-order valence-corrected chi connectivity index (χ1v) is 10.7. The van der Waals surface area contributed by atoms with Gasteiger partial charge in [0, 0.05) is 29.1 Å². The molecule has 4 aromatic rings. The molecule has 0 aliphatic heterocycles. The Balaban J connectivity index is 1.34. The van der Waals surface area contributed by atoms with Crippen molar-refractivity contribution in [3.8, 4) is 5.75 Å². The van der Waals surface area contributed by atoms with Gasteiger partial charge in [0.25, 0.3) is 5.91 Å². The molecular weight excluding hydrogens is 410 g/mol. The van der Waals surface area contributed by atoms with E-state index in [0.29, 0.717) is 17.9 Å². The van der Waals surface area contributed by atoms with Gasteiger partial charge < -0.3 is 15.0 Å². The minimum absolute atomic E-state index is 0.0515. The molecule has 1 aromatic heterocycles. The zero-order valence-electron chi connectivity index (χ0n) is 16.9. The fourth-order valence-electron chi connectivity index (χ4n) is 3.19. The Morgan fingerprint density at radius 1 is 1.03 bits per heavy atom. The molecule has 0 bridgehead atoms. The maximum Gasteiger partial charge on any atom is 0.254 e. The highest BCUT2D eigenvalue weighted by Gasteiger charge is 2.16. The zero-order valence-corrected chi connectivity index (χ0v) is 17.8. The Morgan fingerprint density at radius 2 is 1.81 bits per heavy atom. The molecule has 6 nitrogen and oxygen atoms in total. The van der Waals surface area contributed by atoms with Gasteiger partial charge in [-0.2, -0.15) is 0 Å². The van der Waals surface area contributed by atoms with Crippen LogP contribution in [0.25, 0.3) is 10.8 Å². The highest BCUT2D eigenvalue weighted by atomic mass is 32.1. The Morgan fingerprint density at radius 3 is 2.58 bits per heavy atom. The monoisotopic (exact) mass is 431 g/mol. The first-order chi connectivity index (χ1) is 15.1. The first kappa shape index (κ1) is 20.6. The lowest BCUT2D eigenvalue weighted by Gasteiger charge is -2.17.